The molecule has 1 aromatic rings. The molecule has 4 heteroatoms. The molecule has 0 atom stereocenters. The van der Waals surface area contributed by atoms with Crippen LogP contribution < -0.4 is 0 Å². The van der Waals surface area contributed by atoms with Crippen LogP contribution in [0.2, 0.25) is 0 Å². The zero-order valence-corrected chi connectivity index (χ0v) is 6.24. The Morgan fingerprint density at radius 2 is 2.64 bits per heavy atom. The maximum atomic E-state index is 10.8. The van der Waals surface area contributed by atoms with Gasteiger partial charge in [-0.15, -0.1) is 0 Å². The third-order valence-corrected chi connectivity index (χ3v) is 1.12. The van der Waals surface area contributed by atoms with E-state index < -0.39 is 0 Å². The van der Waals surface area contributed by atoms with Gasteiger partial charge in [-0.25, -0.2) is 0 Å². The van der Waals surface area contributed by atoms with Gasteiger partial charge in [0.25, 0.3) is 0 Å². The summed E-state index contributed by atoms with van der Waals surface area (Å²) < 4.78 is 9.39. The normalized spacial score (nSPS) is 9.55. The number of rotatable bonds is 3. The molecule has 0 aliphatic carbocycles. The molecule has 0 fully saturated rings. The van der Waals surface area contributed by atoms with Crippen LogP contribution in [0.4, 0.5) is 0 Å². The van der Waals surface area contributed by atoms with Gasteiger partial charge in [-0.3, -0.25) is 4.79 Å². The van der Waals surface area contributed by atoms with E-state index in [0.29, 0.717) is 12.4 Å². The van der Waals surface area contributed by atoms with Gasteiger partial charge in [-0.1, -0.05) is 5.16 Å². The number of carbonyl (C=O) groups is 1. The maximum absolute atomic E-state index is 10.8. The lowest BCUT2D eigenvalue weighted by atomic mass is 10.3. The number of nitrogens with zero attached hydrogens (tertiary/aromatic N) is 1. The lowest BCUT2D eigenvalue weighted by Gasteiger charge is -1.96. The van der Waals surface area contributed by atoms with Gasteiger partial charge in [-0.2, -0.15) is 0 Å². The fourth-order valence-corrected chi connectivity index (χ4v) is 0.688. The lowest BCUT2D eigenvalue weighted by molar-refractivity contribution is -0.142. The van der Waals surface area contributed by atoms with E-state index in [-0.39, 0.29) is 12.4 Å². The second kappa shape index (κ2) is 3.75. The topological polar surface area (TPSA) is 52.3 Å². The summed E-state index contributed by atoms with van der Waals surface area (Å²) >= 11 is 0. The van der Waals surface area contributed by atoms with E-state index in [0.717, 1.165) is 0 Å². The Morgan fingerprint density at radius 1 is 1.82 bits per heavy atom. The van der Waals surface area contributed by atoms with Crippen LogP contribution in [-0.2, 0) is 16.0 Å². The van der Waals surface area contributed by atoms with Crippen LogP contribution in [0.3, 0.4) is 0 Å². The quantitative estimate of drug-likeness (QED) is 0.605. The van der Waals surface area contributed by atoms with E-state index in [4.69, 9.17) is 4.52 Å². The summed E-state index contributed by atoms with van der Waals surface area (Å²) in [7, 11) is 0. The molecule has 0 aliphatic heterocycles. The highest BCUT2D eigenvalue weighted by Crippen LogP contribution is 1.98. The fourth-order valence-electron chi connectivity index (χ4n) is 0.688. The molecule has 0 N–H and O–H groups in total. The molecule has 4 nitrogen and oxygen atoms in total. The van der Waals surface area contributed by atoms with E-state index >= 15 is 0 Å². The molecule has 1 rings (SSSR count). The molecule has 1 aromatic heterocycles. The van der Waals surface area contributed by atoms with Gasteiger partial charge in [-0.05, 0) is 6.92 Å². The van der Waals surface area contributed by atoms with Crippen molar-refractivity contribution in [1.82, 2.24) is 5.16 Å². The minimum absolute atomic E-state index is 0.161. The molecule has 0 aliphatic rings. The van der Waals surface area contributed by atoms with Gasteiger partial charge >= 0.3 is 5.97 Å². The van der Waals surface area contributed by atoms with Crippen LogP contribution in [-0.4, -0.2) is 17.7 Å². The Labute approximate surface area is 64.1 Å². The van der Waals surface area contributed by atoms with Crippen LogP contribution in [0.1, 0.15) is 12.7 Å². The molecule has 0 saturated heterocycles. The molecule has 0 aromatic carbocycles. The Morgan fingerprint density at radius 3 is 3.18 bits per heavy atom. The maximum Gasteiger partial charge on any atom is 0.313 e. The zero-order valence-electron chi connectivity index (χ0n) is 6.24. The van der Waals surface area contributed by atoms with Crippen LogP contribution in [0.5, 0.6) is 0 Å². The largest absolute Gasteiger partial charge is 0.466 e. The minimum atomic E-state index is -0.288. The summed E-state index contributed by atoms with van der Waals surface area (Å²) in [4.78, 5) is 10.8. The second-order valence-corrected chi connectivity index (χ2v) is 1.96. The molecule has 0 radical (unpaired) electrons. The summed E-state index contributed by atoms with van der Waals surface area (Å²) in [6.45, 7) is 2.16. The average molecular weight is 155 g/mol. The lowest BCUT2D eigenvalue weighted by Crippen LogP contribution is -2.06. The van der Waals surface area contributed by atoms with Gasteiger partial charge in [0.05, 0.1) is 12.8 Å². The van der Waals surface area contributed by atoms with E-state index in [2.05, 4.69) is 9.89 Å². The first-order chi connectivity index (χ1) is 5.33. The summed E-state index contributed by atoms with van der Waals surface area (Å²) in [5, 5.41) is 3.45. The van der Waals surface area contributed by atoms with Gasteiger partial charge in [0, 0.05) is 6.07 Å². The molecule has 0 spiro atoms. The van der Waals surface area contributed by atoms with Crippen LogP contribution in [0.25, 0.3) is 0 Å². The van der Waals surface area contributed by atoms with Crippen molar-refractivity contribution in [2.45, 2.75) is 13.3 Å². The summed E-state index contributed by atoms with van der Waals surface area (Å²) in [5.41, 5.74) is 0. The Balaban J connectivity index is 2.37. The number of carbonyl (C=O) groups excluding carboxylic acids is 1. The molecule has 1 heterocycles. The Bertz CT molecular complexity index is 218. The van der Waals surface area contributed by atoms with Crippen LogP contribution in [0.15, 0.2) is 16.8 Å². The number of hydrogen-bond donors (Lipinski definition) is 0. The number of hydrogen-bond acceptors (Lipinski definition) is 4. The second-order valence-electron chi connectivity index (χ2n) is 1.96. The van der Waals surface area contributed by atoms with Crippen molar-refractivity contribution in [3.8, 4) is 0 Å². The third-order valence-electron chi connectivity index (χ3n) is 1.12. The molecule has 60 valence electrons. The molecular weight excluding hydrogens is 146 g/mol. The highest BCUT2D eigenvalue weighted by atomic mass is 16.5. The molecule has 0 bridgehead atoms. The first-order valence-corrected chi connectivity index (χ1v) is 3.38. The number of ether oxygens (including phenoxy) is 1. The van der Waals surface area contributed by atoms with Gasteiger partial charge in [0.2, 0.25) is 0 Å². The number of aromatic nitrogens is 1. The predicted octanol–water partition coefficient (Wildman–Crippen LogP) is 0.780. The summed E-state index contributed by atoms with van der Waals surface area (Å²) in [6, 6.07) is 1.64. The fraction of sp³-hybridized carbons (Fsp3) is 0.429. The molecule has 0 saturated carbocycles. The van der Waals surface area contributed by atoms with E-state index in [1.54, 1.807) is 13.0 Å². The molecule has 0 amide bonds. The predicted molar refractivity (Wildman–Crippen MR) is 36.8 cm³/mol. The average Bonchev–Trinajstić information content (AvgIpc) is 2.40. The first kappa shape index (κ1) is 7.78. The van der Waals surface area contributed by atoms with Crippen molar-refractivity contribution in [1.29, 1.82) is 0 Å². The van der Waals surface area contributed by atoms with E-state index in [9.17, 15) is 4.79 Å². The van der Waals surface area contributed by atoms with Crippen molar-refractivity contribution in [2.75, 3.05) is 6.61 Å². The smallest absolute Gasteiger partial charge is 0.313 e. The van der Waals surface area contributed by atoms with Crippen molar-refractivity contribution in [2.24, 2.45) is 0 Å². The number of esters is 1. The van der Waals surface area contributed by atoms with Crippen molar-refractivity contribution < 1.29 is 14.1 Å². The monoisotopic (exact) mass is 155 g/mol. The summed E-state index contributed by atoms with van der Waals surface area (Å²) in [6.07, 6.45) is 1.66. The highest BCUT2D eigenvalue weighted by molar-refractivity contribution is 5.71. The highest BCUT2D eigenvalue weighted by Gasteiger charge is 2.05. The Hall–Kier alpha value is -1.32. The van der Waals surface area contributed by atoms with Crippen molar-refractivity contribution in [3.05, 3.63) is 18.0 Å². The summed E-state index contributed by atoms with van der Waals surface area (Å²) in [5.74, 6) is 0.243. The standard InChI is InChI=1S/C7H9NO3/c1-2-10-7(9)5-6-3-4-8-11-6/h3-4H,2,5H2,1H3. The third kappa shape index (κ3) is 2.41. The minimum Gasteiger partial charge on any atom is -0.466 e. The van der Waals surface area contributed by atoms with Crippen LogP contribution >= 0.6 is 0 Å². The van der Waals surface area contributed by atoms with Gasteiger partial charge < -0.3 is 9.26 Å². The van der Waals surface area contributed by atoms with Crippen molar-refractivity contribution >= 4 is 5.97 Å². The van der Waals surface area contributed by atoms with Crippen LogP contribution in [0, 0.1) is 0 Å². The van der Waals surface area contributed by atoms with Gasteiger partial charge in [0.1, 0.15) is 12.2 Å². The molecule has 11 heavy (non-hydrogen) atoms. The zero-order chi connectivity index (χ0) is 8.10. The molecule has 0 unspecified atom stereocenters. The van der Waals surface area contributed by atoms with Crippen molar-refractivity contribution in [3.63, 3.8) is 0 Å². The first-order valence-electron chi connectivity index (χ1n) is 3.38. The van der Waals surface area contributed by atoms with E-state index in [1.165, 1.54) is 6.20 Å². The molecular formula is C7H9NO3. The van der Waals surface area contributed by atoms with Gasteiger partial charge in [0.15, 0.2) is 0 Å². The Kier molecular flexibility index (Phi) is 2.66. The van der Waals surface area contributed by atoms with E-state index in [1.807, 2.05) is 0 Å². The SMILES string of the molecule is CCOC(=O)Cc1ccno1.